The van der Waals surface area contributed by atoms with Crippen molar-refractivity contribution < 1.29 is 18.3 Å². The van der Waals surface area contributed by atoms with E-state index in [2.05, 4.69) is 0 Å². The zero-order chi connectivity index (χ0) is 14.0. The molecule has 1 fully saturated rings. The van der Waals surface area contributed by atoms with Gasteiger partial charge in [0.15, 0.2) is 0 Å². The topological polar surface area (TPSA) is 66.8 Å². The van der Waals surface area contributed by atoms with E-state index in [0.29, 0.717) is 25.3 Å². The number of aryl methyl sites for hydroxylation is 1. The SMILES string of the molecule is COc1ccc(C)cc1S(=O)(=O)N1CCC(CO)C1. The molecule has 1 saturated heterocycles. The molecule has 0 aromatic heterocycles. The lowest BCUT2D eigenvalue weighted by Gasteiger charge is -2.18. The minimum absolute atomic E-state index is 0.0248. The van der Waals surface area contributed by atoms with Crippen LogP contribution in [0, 0.1) is 12.8 Å². The molecule has 106 valence electrons. The standard InChI is InChI=1S/C13H19NO4S/c1-10-3-4-12(18-2)13(7-10)19(16,17)14-6-5-11(8-14)9-15/h3-4,7,11,15H,5-6,8-9H2,1-2H3. The smallest absolute Gasteiger partial charge is 0.246 e. The Bertz CT molecular complexity index is 556. The molecule has 0 spiro atoms. The van der Waals surface area contributed by atoms with Gasteiger partial charge in [-0.15, -0.1) is 0 Å². The molecule has 2 rings (SSSR count). The molecule has 1 aromatic carbocycles. The third kappa shape index (κ3) is 2.75. The maximum absolute atomic E-state index is 12.6. The zero-order valence-electron chi connectivity index (χ0n) is 11.2. The number of aliphatic hydroxyl groups excluding tert-OH is 1. The highest BCUT2D eigenvalue weighted by atomic mass is 32.2. The number of rotatable bonds is 4. The molecular weight excluding hydrogens is 266 g/mol. The predicted octanol–water partition coefficient (Wildman–Crippen LogP) is 1.01. The Morgan fingerprint density at radius 2 is 2.21 bits per heavy atom. The van der Waals surface area contributed by atoms with Gasteiger partial charge in [0.1, 0.15) is 10.6 Å². The predicted molar refractivity (Wildman–Crippen MR) is 71.7 cm³/mol. The summed E-state index contributed by atoms with van der Waals surface area (Å²) in [5.74, 6) is 0.392. The van der Waals surface area contributed by atoms with Crippen LogP contribution in [0.15, 0.2) is 23.1 Å². The van der Waals surface area contributed by atoms with Crippen molar-refractivity contribution in [2.45, 2.75) is 18.2 Å². The van der Waals surface area contributed by atoms with Crippen LogP contribution in [0.25, 0.3) is 0 Å². The van der Waals surface area contributed by atoms with Crippen molar-refractivity contribution in [2.24, 2.45) is 5.92 Å². The van der Waals surface area contributed by atoms with Gasteiger partial charge in [-0.05, 0) is 37.0 Å². The zero-order valence-corrected chi connectivity index (χ0v) is 12.0. The van der Waals surface area contributed by atoms with Crippen LogP contribution in [0.2, 0.25) is 0 Å². The van der Waals surface area contributed by atoms with Gasteiger partial charge in [0, 0.05) is 19.7 Å². The molecule has 1 aliphatic rings. The molecule has 1 unspecified atom stereocenters. The first kappa shape index (κ1) is 14.3. The lowest BCUT2D eigenvalue weighted by Crippen LogP contribution is -2.29. The van der Waals surface area contributed by atoms with Gasteiger partial charge >= 0.3 is 0 Å². The largest absolute Gasteiger partial charge is 0.495 e. The number of aliphatic hydroxyl groups is 1. The number of hydrogen-bond donors (Lipinski definition) is 1. The third-order valence-electron chi connectivity index (χ3n) is 3.44. The number of sulfonamides is 1. The van der Waals surface area contributed by atoms with Gasteiger partial charge in [0.2, 0.25) is 10.0 Å². The van der Waals surface area contributed by atoms with Crippen LogP contribution in [0.5, 0.6) is 5.75 Å². The van der Waals surface area contributed by atoms with E-state index in [4.69, 9.17) is 9.84 Å². The second kappa shape index (κ2) is 5.48. The molecule has 0 aliphatic carbocycles. The fourth-order valence-electron chi connectivity index (χ4n) is 2.29. The van der Waals surface area contributed by atoms with Gasteiger partial charge in [0.25, 0.3) is 0 Å². The summed E-state index contributed by atoms with van der Waals surface area (Å²) < 4.78 is 31.8. The van der Waals surface area contributed by atoms with Gasteiger partial charge in [0.05, 0.1) is 7.11 Å². The fraction of sp³-hybridized carbons (Fsp3) is 0.538. The van der Waals surface area contributed by atoms with E-state index in [1.54, 1.807) is 12.1 Å². The summed E-state index contributed by atoms with van der Waals surface area (Å²) in [5, 5.41) is 9.12. The van der Waals surface area contributed by atoms with E-state index in [-0.39, 0.29) is 17.4 Å². The number of nitrogens with zero attached hydrogens (tertiary/aromatic N) is 1. The van der Waals surface area contributed by atoms with Crippen molar-refractivity contribution >= 4 is 10.0 Å². The molecule has 0 amide bonds. The minimum Gasteiger partial charge on any atom is -0.495 e. The highest BCUT2D eigenvalue weighted by molar-refractivity contribution is 7.89. The van der Waals surface area contributed by atoms with Crippen LogP contribution in [-0.2, 0) is 10.0 Å². The second-order valence-electron chi connectivity index (χ2n) is 4.85. The molecule has 1 N–H and O–H groups in total. The average molecular weight is 285 g/mol. The Kier molecular flexibility index (Phi) is 4.13. The molecule has 1 atom stereocenters. The van der Waals surface area contributed by atoms with Gasteiger partial charge in [-0.25, -0.2) is 8.42 Å². The Hall–Kier alpha value is -1.11. The summed E-state index contributed by atoms with van der Waals surface area (Å²) in [5.41, 5.74) is 0.872. The molecule has 19 heavy (non-hydrogen) atoms. The quantitative estimate of drug-likeness (QED) is 0.896. The maximum atomic E-state index is 12.6. The Morgan fingerprint density at radius 3 is 2.79 bits per heavy atom. The van der Waals surface area contributed by atoms with Crippen molar-refractivity contribution in [3.8, 4) is 5.75 Å². The summed E-state index contributed by atoms with van der Waals surface area (Å²) in [6.07, 6.45) is 0.698. The molecule has 0 radical (unpaired) electrons. The minimum atomic E-state index is -3.55. The van der Waals surface area contributed by atoms with E-state index in [1.165, 1.54) is 11.4 Å². The molecule has 5 nitrogen and oxygen atoms in total. The molecule has 1 heterocycles. The summed E-state index contributed by atoms with van der Waals surface area (Å²) in [7, 11) is -2.09. The first-order chi connectivity index (χ1) is 8.98. The summed E-state index contributed by atoms with van der Waals surface area (Å²) in [6.45, 7) is 2.69. The van der Waals surface area contributed by atoms with Crippen molar-refractivity contribution in [3.63, 3.8) is 0 Å². The van der Waals surface area contributed by atoms with E-state index in [1.807, 2.05) is 13.0 Å². The summed E-state index contributed by atoms with van der Waals surface area (Å²) >= 11 is 0. The molecular formula is C13H19NO4S. The van der Waals surface area contributed by atoms with Crippen molar-refractivity contribution in [2.75, 3.05) is 26.8 Å². The number of benzene rings is 1. The molecule has 1 aliphatic heterocycles. The molecule has 6 heteroatoms. The van der Waals surface area contributed by atoms with E-state index in [9.17, 15) is 8.42 Å². The van der Waals surface area contributed by atoms with Crippen molar-refractivity contribution in [1.29, 1.82) is 0 Å². The highest BCUT2D eigenvalue weighted by Gasteiger charge is 2.33. The number of hydrogen-bond acceptors (Lipinski definition) is 4. The van der Waals surface area contributed by atoms with Crippen LogP contribution >= 0.6 is 0 Å². The van der Waals surface area contributed by atoms with E-state index in [0.717, 1.165) is 5.56 Å². The molecule has 0 bridgehead atoms. The van der Waals surface area contributed by atoms with Crippen molar-refractivity contribution in [1.82, 2.24) is 4.31 Å². The van der Waals surface area contributed by atoms with Gasteiger partial charge in [-0.1, -0.05) is 6.07 Å². The maximum Gasteiger partial charge on any atom is 0.246 e. The van der Waals surface area contributed by atoms with Crippen LogP contribution in [0.4, 0.5) is 0 Å². The van der Waals surface area contributed by atoms with E-state index < -0.39 is 10.0 Å². The van der Waals surface area contributed by atoms with Gasteiger partial charge < -0.3 is 9.84 Å². The lowest BCUT2D eigenvalue weighted by molar-refractivity contribution is 0.233. The second-order valence-corrected chi connectivity index (χ2v) is 6.76. The van der Waals surface area contributed by atoms with Crippen LogP contribution < -0.4 is 4.74 Å². The summed E-state index contributed by atoms with van der Waals surface area (Å²) in [4.78, 5) is 0.202. The average Bonchev–Trinajstić information content (AvgIpc) is 2.88. The Morgan fingerprint density at radius 1 is 1.47 bits per heavy atom. The van der Waals surface area contributed by atoms with E-state index >= 15 is 0 Å². The highest BCUT2D eigenvalue weighted by Crippen LogP contribution is 2.30. The Labute approximate surface area is 113 Å². The molecule has 1 aromatic rings. The third-order valence-corrected chi connectivity index (χ3v) is 5.33. The molecule has 0 saturated carbocycles. The number of methoxy groups -OCH3 is 1. The van der Waals surface area contributed by atoms with Crippen molar-refractivity contribution in [3.05, 3.63) is 23.8 Å². The Balaban J connectivity index is 2.37. The fourth-order valence-corrected chi connectivity index (χ4v) is 4.06. The normalized spacial score (nSPS) is 20.7. The summed E-state index contributed by atoms with van der Waals surface area (Å²) in [6, 6.07) is 5.11. The van der Waals surface area contributed by atoms with Crippen LogP contribution in [-0.4, -0.2) is 44.6 Å². The first-order valence-corrected chi connectivity index (χ1v) is 7.68. The van der Waals surface area contributed by atoms with Gasteiger partial charge in [-0.2, -0.15) is 4.31 Å². The monoisotopic (exact) mass is 285 g/mol. The van der Waals surface area contributed by atoms with Crippen LogP contribution in [0.1, 0.15) is 12.0 Å². The van der Waals surface area contributed by atoms with Gasteiger partial charge in [-0.3, -0.25) is 0 Å². The van der Waals surface area contributed by atoms with Crippen LogP contribution in [0.3, 0.4) is 0 Å². The number of ether oxygens (including phenoxy) is 1. The first-order valence-electron chi connectivity index (χ1n) is 6.24. The lowest BCUT2D eigenvalue weighted by atomic mass is 10.1.